The Morgan fingerprint density at radius 3 is 2.58 bits per heavy atom. The molecule has 1 aromatic carbocycles. The van der Waals surface area contributed by atoms with Crippen molar-refractivity contribution >= 4 is 11.0 Å². The van der Waals surface area contributed by atoms with E-state index in [2.05, 4.69) is 15.2 Å². The first kappa shape index (κ1) is 11.7. The molecule has 0 spiro atoms. The number of aromatic amines is 1. The highest BCUT2D eigenvalue weighted by Gasteiger charge is 2.34. The highest BCUT2D eigenvalue weighted by molar-refractivity contribution is 5.91. The van der Waals surface area contributed by atoms with E-state index in [1.807, 2.05) is 0 Å². The van der Waals surface area contributed by atoms with E-state index in [1.165, 1.54) is 12.1 Å². The first-order valence-electron chi connectivity index (χ1n) is 5.53. The van der Waals surface area contributed by atoms with E-state index in [4.69, 9.17) is 0 Å². The van der Waals surface area contributed by atoms with E-state index in [0.717, 1.165) is 6.07 Å². The van der Waals surface area contributed by atoms with Gasteiger partial charge in [-0.25, -0.2) is 4.98 Å². The number of aromatic nitrogens is 3. The van der Waals surface area contributed by atoms with Crippen molar-refractivity contribution in [2.24, 2.45) is 0 Å². The molecule has 0 aliphatic heterocycles. The lowest BCUT2D eigenvalue weighted by Gasteiger charge is -2.11. The molecular weight excluding hydrogens is 255 g/mol. The summed E-state index contributed by atoms with van der Waals surface area (Å²) in [7, 11) is 0. The van der Waals surface area contributed by atoms with Crippen LogP contribution in [0.1, 0.15) is 5.56 Å². The highest BCUT2D eigenvalue weighted by atomic mass is 19.4. The zero-order valence-corrected chi connectivity index (χ0v) is 9.57. The van der Waals surface area contributed by atoms with Crippen LogP contribution in [0.2, 0.25) is 0 Å². The summed E-state index contributed by atoms with van der Waals surface area (Å²) in [6, 6.07) is 8.75. The maximum atomic E-state index is 13.0. The number of hydrogen-bond acceptors (Lipinski definition) is 2. The SMILES string of the molecule is FC(F)(F)c1ccccc1-c1[nH]nc2ncccc12. The van der Waals surface area contributed by atoms with Crippen molar-refractivity contribution in [2.75, 3.05) is 0 Å². The van der Waals surface area contributed by atoms with Gasteiger partial charge in [-0.1, -0.05) is 18.2 Å². The van der Waals surface area contributed by atoms with Crippen LogP contribution in [0.4, 0.5) is 13.2 Å². The maximum absolute atomic E-state index is 13.0. The highest BCUT2D eigenvalue weighted by Crippen LogP contribution is 2.37. The second-order valence-corrected chi connectivity index (χ2v) is 4.02. The molecule has 0 fully saturated rings. The van der Waals surface area contributed by atoms with Gasteiger partial charge in [-0.05, 0) is 18.2 Å². The Balaban J connectivity index is 2.28. The predicted octanol–water partition coefficient (Wildman–Crippen LogP) is 3.64. The summed E-state index contributed by atoms with van der Waals surface area (Å²) in [6.45, 7) is 0. The Labute approximate surface area is 106 Å². The van der Waals surface area contributed by atoms with Crippen LogP contribution in [0, 0.1) is 0 Å². The summed E-state index contributed by atoms with van der Waals surface area (Å²) >= 11 is 0. The van der Waals surface area contributed by atoms with Crippen LogP contribution < -0.4 is 0 Å². The molecule has 3 nitrogen and oxygen atoms in total. The lowest BCUT2D eigenvalue weighted by Crippen LogP contribution is -2.07. The van der Waals surface area contributed by atoms with Crippen LogP contribution in [0.5, 0.6) is 0 Å². The average Bonchev–Trinajstić information content (AvgIpc) is 2.81. The number of rotatable bonds is 1. The Hall–Kier alpha value is -2.37. The van der Waals surface area contributed by atoms with E-state index in [0.29, 0.717) is 16.7 Å². The summed E-state index contributed by atoms with van der Waals surface area (Å²) < 4.78 is 39.0. The number of hydrogen-bond donors (Lipinski definition) is 1. The van der Waals surface area contributed by atoms with Crippen molar-refractivity contribution < 1.29 is 13.2 Å². The molecule has 0 aliphatic carbocycles. The molecule has 0 bridgehead atoms. The summed E-state index contributed by atoms with van der Waals surface area (Å²) in [5, 5.41) is 7.11. The van der Waals surface area contributed by atoms with Gasteiger partial charge in [-0.3, -0.25) is 5.10 Å². The van der Waals surface area contributed by atoms with Crippen LogP contribution in [0.15, 0.2) is 42.6 Å². The topological polar surface area (TPSA) is 41.6 Å². The maximum Gasteiger partial charge on any atom is 0.417 e. The normalized spacial score (nSPS) is 11.9. The molecule has 2 heterocycles. The van der Waals surface area contributed by atoms with Crippen LogP contribution >= 0.6 is 0 Å². The number of pyridine rings is 1. The van der Waals surface area contributed by atoms with Gasteiger partial charge in [0.15, 0.2) is 5.65 Å². The van der Waals surface area contributed by atoms with E-state index < -0.39 is 11.7 Å². The van der Waals surface area contributed by atoms with Crippen molar-refractivity contribution in [3.63, 3.8) is 0 Å². The fourth-order valence-electron chi connectivity index (χ4n) is 2.00. The van der Waals surface area contributed by atoms with Crippen LogP contribution in [-0.2, 0) is 6.18 Å². The second-order valence-electron chi connectivity index (χ2n) is 4.02. The van der Waals surface area contributed by atoms with Crippen molar-refractivity contribution in [2.45, 2.75) is 6.18 Å². The minimum atomic E-state index is -4.41. The van der Waals surface area contributed by atoms with Gasteiger partial charge >= 0.3 is 6.18 Å². The van der Waals surface area contributed by atoms with Crippen molar-refractivity contribution in [3.8, 4) is 11.3 Å². The minimum Gasteiger partial charge on any atom is -0.275 e. The summed E-state index contributed by atoms with van der Waals surface area (Å²) in [4.78, 5) is 4.00. The molecule has 3 aromatic rings. The van der Waals surface area contributed by atoms with E-state index in [9.17, 15) is 13.2 Å². The van der Waals surface area contributed by atoms with Crippen LogP contribution in [0.25, 0.3) is 22.3 Å². The molecule has 96 valence electrons. The minimum absolute atomic E-state index is 0.0745. The number of H-pyrrole nitrogens is 1. The third-order valence-corrected chi connectivity index (χ3v) is 2.83. The zero-order valence-electron chi connectivity index (χ0n) is 9.57. The van der Waals surface area contributed by atoms with Crippen molar-refractivity contribution in [3.05, 3.63) is 48.2 Å². The Kier molecular flexibility index (Phi) is 2.51. The first-order valence-corrected chi connectivity index (χ1v) is 5.53. The molecule has 0 unspecified atom stereocenters. The van der Waals surface area contributed by atoms with Gasteiger partial charge in [0.25, 0.3) is 0 Å². The van der Waals surface area contributed by atoms with Crippen LogP contribution in [0.3, 0.4) is 0 Å². The predicted molar refractivity (Wildman–Crippen MR) is 64.3 cm³/mol. The molecule has 0 atom stereocenters. The van der Waals surface area contributed by atoms with Gasteiger partial charge < -0.3 is 0 Å². The number of fused-ring (bicyclic) bond motifs is 1. The third kappa shape index (κ3) is 1.95. The van der Waals surface area contributed by atoms with E-state index in [1.54, 1.807) is 24.4 Å². The average molecular weight is 263 g/mol. The molecule has 0 saturated carbocycles. The molecule has 0 aliphatic rings. The van der Waals surface area contributed by atoms with Crippen molar-refractivity contribution in [1.29, 1.82) is 0 Å². The Morgan fingerprint density at radius 1 is 1.00 bits per heavy atom. The number of halogens is 3. The first-order chi connectivity index (χ1) is 9.07. The van der Waals surface area contributed by atoms with Gasteiger partial charge in [-0.2, -0.15) is 18.3 Å². The summed E-state index contributed by atoms with van der Waals surface area (Å²) in [5.41, 5.74) is 0.111. The van der Waals surface area contributed by atoms with Gasteiger partial charge in [-0.15, -0.1) is 0 Å². The van der Waals surface area contributed by atoms with Gasteiger partial charge in [0.05, 0.1) is 11.3 Å². The standard InChI is InChI=1S/C13H8F3N3/c14-13(15,16)10-6-2-1-4-8(10)11-9-5-3-7-17-12(9)19-18-11/h1-7H,(H,17,18,19). The lowest BCUT2D eigenvalue weighted by atomic mass is 10.0. The monoisotopic (exact) mass is 263 g/mol. The second kappa shape index (κ2) is 4.08. The zero-order chi connectivity index (χ0) is 13.5. The molecule has 19 heavy (non-hydrogen) atoms. The Bertz CT molecular complexity index is 731. The summed E-state index contributed by atoms with van der Waals surface area (Å²) in [5.74, 6) is 0. The van der Waals surface area contributed by atoms with Crippen molar-refractivity contribution in [1.82, 2.24) is 15.2 Å². The number of alkyl halides is 3. The third-order valence-electron chi connectivity index (χ3n) is 2.83. The number of benzene rings is 1. The lowest BCUT2D eigenvalue weighted by molar-refractivity contribution is -0.137. The summed E-state index contributed by atoms with van der Waals surface area (Å²) in [6.07, 6.45) is -2.86. The number of nitrogens with zero attached hydrogens (tertiary/aromatic N) is 2. The van der Waals surface area contributed by atoms with E-state index in [-0.39, 0.29) is 5.56 Å². The fourth-order valence-corrected chi connectivity index (χ4v) is 2.00. The van der Waals surface area contributed by atoms with Gasteiger partial charge in [0.2, 0.25) is 0 Å². The molecule has 6 heteroatoms. The molecular formula is C13H8F3N3. The molecule has 0 radical (unpaired) electrons. The van der Waals surface area contributed by atoms with Crippen LogP contribution in [-0.4, -0.2) is 15.2 Å². The molecule has 0 amide bonds. The molecule has 2 aromatic heterocycles. The fraction of sp³-hybridized carbons (Fsp3) is 0.0769. The molecule has 0 saturated heterocycles. The Morgan fingerprint density at radius 2 is 1.79 bits per heavy atom. The molecule has 1 N–H and O–H groups in total. The van der Waals surface area contributed by atoms with E-state index >= 15 is 0 Å². The quantitative estimate of drug-likeness (QED) is 0.728. The largest absolute Gasteiger partial charge is 0.417 e. The van der Waals surface area contributed by atoms with Gasteiger partial charge in [0, 0.05) is 17.1 Å². The number of nitrogens with one attached hydrogen (secondary N) is 1. The van der Waals surface area contributed by atoms with Gasteiger partial charge in [0.1, 0.15) is 0 Å². The molecule has 3 rings (SSSR count). The smallest absolute Gasteiger partial charge is 0.275 e.